The van der Waals surface area contributed by atoms with Gasteiger partial charge in [0, 0.05) is 17.9 Å². The van der Waals surface area contributed by atoms with E-state index in [0.29, 0.717) is 29.4 Å². The van der Waals surface area contributed by atoms with E-state index >= 15 is 0 Å². The lowest BCUT2D eigenvalue weighted by atomic mass is 9.32. The summed E-state index contributed by atoms with van der Waals surface area (Å²) in [5.74, 6) is -1.75. The van der Waals surface area contributed by atoms with Crippen LogP contribution in [0.25, 0.3) is 0 Å². The highest BCUT2D eigenvalue weighted by molar-refractivity contribution is 5.91. The third-order valence-corrected chi connectivity index (χ3v) is 12.7. The van der Waals surface area contributed by atoms with Crippen molar-refractivity contribution in [2.45, 2.75) is 120 Å². The fourth-order valence-corrected chi connectivity index (χ4v) is 10.6. The number of rotatable bonds is 4. The second kappa shape index (κ2) is 9.09. The molecular formula is C32H50O6. The maximum Gasteiger partial charge on any atom is 0.331 e. The molecule has 0 aromatic carbocycles. The van der Waals surface area contributed by atoms with Gasteiger partial charge in [-0.1, -0.05) is 48.5 Å². The van der Waals surface area contributed by atoms with E-state index in [4.69, 9.17) is 4.74 Å². The van der Waals surface area contributed by atoms with Crippen molar-refractivity contribution >= 4 is 17.9 Å². The number of aliphatic carboxylic acids is 2. The molecule has 8 atom stereocenters. The molecule has 0 amide bonds. The number of hydrogen-bond acceptors (Lipinski definition) is 4. The first-order valence-corrected chi connectivity index (χ1v) is 14.8. The van der Waals surface area contributed by atoms with Crippen molar-refractivity contribution in [3.05, 3.63) is 11.1 Å². The monoisotopic (exact) mass is 530 g/mol. The predicted molar refractivity (Wildman–Crippen MR) is 146 cm³/mol. The number of esters is 1. The standard InChI is InChI=1S/C32H50O6/c1-18(2)24(26(34)35)25-20-10-11-22-31(8,30(20,7)17-16-29(25,6)27(36)37)15-12-21-28(4,5)14-13-23(32(21,22)9)38-19(3)33/h18,20-23H,10-17H2,1-9H3,(H,34,35)(H,36,37)/b25-24-/t20-,21+,22+,23?,29-,30-,31-,32+/m1/s1. The topological polar surface area (TPSA) is 101 Å². The van der Waals surface area contributed by atoms with E-state index in [1.807, 2.05) is 13.8 Å². The second-order valence-electron chi connectivity index (χ2n) is 15.0. The lowest BCUT2D eigenvalue weighted by molar-refractivity contribution is -0.249. The first kappa shape index (κ1) is 29.1. The molecule has 0 heterocycles. The van der Waals surface area contributed by atoms with E-state index in [2.05, 4.69) is 34.6 Å². The summed E-state index contributed by atoms with van der Waals surface area (Å²) in [6.45, 7) is 18.9. The molecule has 0 bridgehead atoms. The van der Waals surface area contributed by atoms with Crippen LogP contribution >= 0.6 is 0 Å². The molecule has 1 unspecified atom stereocenters. The van der Waals surface area contributed by atoms with Gasteiger partial charge in [-0.05, 0) is 104 Å². The Morgan fingerprint density at radius 3 is 1.97 bits per heavy atom. The molecule has 214 valence electrons. The maximum atomic E-state index is 12.8. The van der Waals surface area contributed by atoms with Gasteiger partial charge in [-0.25, -0.2) is 4.79 Å². The maximum absolute atomic E-state index is 12.8. The van der Waals surface area contributed by atoms with Crippen LogP contribution in [-0.4, -0.2) is 34.2 Å². The van der Waals surface area contributed by atoms with Gasteiger partial charge in [0.2, 0.25) is 0 Å². The fourth-order valence-electron chi connectivity index (χ4n) is 10.6. The van der Waals surface area contributed by atoms with E-state index in [9.17, 15) is 24.6 Å². The van der Waals surface area contributed by atoms with Crippen LogP contribution < -0.4 is 0 Å². The Labute approximate surface area is 229 Å². The zero-order valence-corrected chi connectivity index (χ0v) is 25.1. The Morgan fingerprint density at radius 1 is 0.816 bits per heavy atom. The number of carbonyl (C=O) groups excluding carboxylic acids is 1. The number of ether oxygens (including phenoxy) is 1. The average molecular weight is 531 g/mol. The Kier molecular flexibility index (Phi) is 6.97. The minimum absolute atomic E-state index is 0.101. The fraction of sp³-hybridized carbons (Fsp3) is 0.844. The minimum Gasteiger partial charge on any atom is -0.481 e. The van der Waals surface area contributed by atoms with Gasteiger partial charge in [0.1, 0.15) is 6.10 Å². The highest BCUT2D eigenvalue weighted by atomic mass is 16.5. The number of carboxylic acids is 2. The van der Waals surface area contributed by atoms with Crippen LogP contribution in [0.4, 0.5) is 0 Å². The van der Waals surface area contributed by atoms with Crippen LogP contribution in [0.2, 0.25) is 0 Å². The molecule has 0 saturated heterocycles. The van der Waals surface area contributed by atoms with Gasteiger partial charge in [0.05, 0.1) is 5.41 Å². The highest BCUT2D eigenvalue weighted by Crippen LogP contribution is 2.76. The second-order valence-corrected chi connectivity index (χ2v) is 15.0. The van der Waals surface area contributed by atoms with E-state index < -0.39 is 17.4 Å². The molecule has 0 aromatic rings. The Bertz CT molecular complexity index is 1060. The molecule has 4 fully saturated rings. The molecule has 6 heteroatoms. The molecule has 0 spiro atoms. The third-order valence-electron chi connectivity index (χ3n) is 12.7. The van der Waals surface area contributed by atoms with Gasteiger partial charge in [-0.3, -0.25) is 9.59 Å². The molecule has 4 aliphatic rings. The first-order valence-electron chi connectivity index (χ1n) is 14.8. The molecule has 4 saturated carbocycles. The van der Waals surface area contributed by atoms with Crippen LogP contribution in [-0.2, 0) is 19.1 Å². The van der Waals surface area contributed by atoms with Crippen molar-refractivity contribution in [1.82, 2.24) is 0 Å². The molecule has 38 heavy (non-hydrogen) atoms. The van der Waals surface area contributed by atoms with Gasteiger partial charge in [-0.15, -0.1) is 0 Å². The summed E-state index contributed by atoms with van der Waals surface area (Å²) < 4.78 is 6.10. The molecule has 2 N–H and O–H groups in total. The van der Waals surface area contributed by atoms with Crippen molar-refractivity contribution in [1.29, 1.82) is 0 Å². The summed E-state index contributed by atoms with van der Waals surface area (Å²) in [7, 11) is 0. The third kappa shape index (κ3) is 3.82. The summed E-state index contributed by atoms with van der Waals surface area (Å²) in [5, 5.41) is 20.8. The Morgan fingerprint density at radius 2 is 1.45 bits per heavy atom. The molecule has 0 radical (unpaired) electrons. The minimum atomic E-state index is -1.18. The summed E-state index contributed by atoms with van der Waals surface area (Å²) >= 11 is 0. The van der Waals surface area contributed by atoms with E-state index in [0.717, 1.165) is 44.9 Å². The van der Waals surface area contributed by atoms with E-state index in [1.54, 1.807) is 6.92 Å². The van der Waals surface area contributed by atoms with Crippen LogP contribution in [0.5, 0.6) is 0 Å². The van der Waals surface area contributed by atoms with Crippen molar-refractivity contribution in [2.24, 2.45) is 50.7 Å². The van der Waals surface area contributed by atoms with Crippen LogP contribution in [0.1, 0.15) is 114 Å². The Hall–Kier alpha value is -1.85. The van der Waals surface area contributed by atoms with Crippen LogP contribution in [0.3, 0.4) is 0 Å². The lowest BCUT2D eigenvalue weighted by Crippen LogP contribution is -2.67. The van der Waals surface area contributed by atoms with Crippen molar-refractivity contribution < 1.29 is 29.3 Å². The summed E-state index contributed by atoms with van der Waals surface area (Å²) in [5.41, 5.74) is -0.625. The van der Waals surface area contributed by atoms with Crippen molar-refractivity contribution in [3.8, 4) is 0 Å². The average Bonchev–Trinajstić information content (AvgIpc) is 2.78. The van der Waals surface area contributed by atoms with Gasteiger partial charge in [-0.2, -0.15) is 0 Å². The van der Waals surface area contributed by atoms with E-state index in [-0.39, 0.29) is 45.6 Å². The first-order chi connectivity index (χ1) is 17.4. The van der Waals surface area contributed by atoms with Crippen LogP contribution in [0, 0.1) is 50.7 Å². The van der Waals surface area contributed by atoms with Gasteiger partial charge >= 0.3 is 17.9 Å². The van der Waals surface area contributed by atoms with Crippen LogP contribution in [0.15, 0.2) is 11.1 Å². The van der Waals surface area contributed by atoms with Gasteiger partial charge in [0.25, 0.3) is 0 Å². The zero-order valence-electron chi connectivity index (χ0n) is 25.1. The molecule has 4 aliphatic carbocycles. The molecule has 0 aliphatic heterocycles. The predicted octanol–water partition coefficient (Wildman–Crippen LogP) is 7.12. The normalized spacial score (nSPS) is 45.3. The molecule has 0 aromatic heterocycles. The van der Waals surface area contributed by atoms with Crippen molar-refractivity contribution in [2.75, 3.05) is 0 Å². The number of carboxylic acid groups (broad SMARTS) is 2. The smallest absolute Gasteiger partial charge is 0.331 e. The van der Waals surface area contributed by atoms with E-state index in [1.165, 1.54) is 6.92 Å². The Balaban J connectivity index is 1.90. The molecular weight excluding hydrogens is 480 g/mol. The van der Waals surface area contributed by atoms with Gasteiger partial charge < -0.3 is 14.9 Å². The summed E-state index contributed by atoms with van der Waals surface area (Å²) in [6, 6.07) is 0. The largest absolute Gasteiger partial charge is 0.481 e. The number of fused-ring (bicyclic) bond motifs is 5. The highest BCUT2D eigenvalue weighted by Gasteiger charge is 2.70. The number of hydrogen-bond donors (Lipinski definition) is 2. The zero-order chi connectivity index (χ0) is 28.6. The summed E-state index contributed by atoms with van der Waals surface area (Å²) in [6.07, 6.45) is 6.70. The number of carbonyl (C=O) groups is 3. The quantitative estimate of drug-likeness (QED) is 0.297. The van der Waals surface area contributed by atoms with Crippen molar-refractivity contribution in [3.63, 3.8) is 0 Å². The lowest BCUT2D eigenvalue weighted by Gasteiger charge is -2.72. The molecule has 6 nitrogen and oxygen atoms in total. The van der Waals surface area contributed by atoms with Gasteiger partial charge in [0.15, 0.2) is 0 Å². The SMILES string of the molecule is CC(=O)OC1CCC(C)(C)[C@@H]2CC[C@]3(C)[C@H](CC[C@@H]4/C(=C(/C(=O)O)C(C)C)[C@](C)(C(=O)O)CC[C@]43C)[C@@]12C. The molecule has 4 rings (SSSR count). The summed E-state index contributed by atoms with van der Waals surface area (Å²) in [4.78, 5) is 37.7.